The lowest BCUT2D eigenvalue weighted by molar-refractivity contribution is -0.118. The fraction of sp³-hybridized carbons (Fsp3) is 0.259. The number of aryl methyl sites for hydroxylation is 1. The van der Waals surface area contributed by atoms with Crippen molar-refractivity contribution in [2.75, 3.05) is 50.1 Å². The summed E-state index contributed by atoms with van der Waals surface area (Å²) in [6, 6.07) is 20.3. The molecule has 8 heteroatoms. The van der Waals surface area contributed by atoms with Crippen molar-refractivity contribution in [3.63, 3.8) is 0 Å². The number of benzene rings is 3. The van der Waals surface area contributed by atoms with E-state index < -0.39 is 0 Å². The van der Waals surface area contributed by atoms with Crippen molar-refractivity contribution >= 4 is 34.8 Å². The first-order valence-electron chi connectivity index (χ1n) is 11.4. The highest BCUT2D eigenvalue weighted by Crippen LogP contribution is 2.26. The summed E-state index contributed by atoms with van der Waals surface area (Å²) in [6.07, 6.45) is 0. The molecule has 3 aromatic carbocycles. The Bertz CT molecular complexity index is 1190. The third-order valence-corrected chi connectivity index (χ3v) is 6.16. The van der Waals surface area contributed by atoms with Gasteiger partial charge in [-0.25, -0.2) is 0 Å². The van der Waals surface area contributed by atoms with Crippen LogP contribution in [0.15, 0.2) is 66.7 Å². The molecule has 0 atom stereocenters. The van der Waals surface area contributed by atoms with Crippen LogP contribution in [0, 0.1) is 6.92 Å². The minimum Gasteiger partial charge on any atom is -0.496 e. The van der Waals surface area contributed by atoms with Gasteiger partial charge in [0, 0.05) is 42.6 Å². The van der Waals surface area contributed by atoms with E-state index in [1.807, 2.05) is 60.4 Å². The third kappa shape index (κ3) is 6.05. The Labute approximate surface area is 210 Å². The molecule has 1 heterocycles. The van der Waals surface area contributed by atoms with E-state index in [-0.39, 0.29) is 18.4 Å². The van der Waals surface area contributed by atoms with Gasteiger partial charge in [0.25, 0.3) is 11.8 Å². The fourth-order valence-corrected chi connectivity index (χ4v) is 4.17. The van der Waals surface area contributed by atoms with Crippen LogP contribution < -0.4 is 19.7 Å². The Kier molecular flexibility index (Phi) is 7.77. The number of halogens is 1. The number of carbonyl (C=O) groups excluding carboxylic acids is 2. The van der Waals surface area contributed by atoms with Crippen LogP contribution in [-0.4, -0.2) is 56.6 Å². The van der Waals surface area contributed by atoms with E-state index in [4.69, 9.17) is 21.1 Å². The normalized spacial score (nSPS) is 13.3. The molecule has 3 aromatic rings. The van der Waals surface area contributed by atoms with Gasteiger partial charge in [-0.1, -0.05) is 29.8 Å². The van der Waals surface area contributed by atoms with E-state index in [1.54, 1.807) is 25.3 Å². The van der Waals surface area contributed by atoms with Crippen molar-refractivity contribution in [2.45, 2.75) is 6.92 Å². The summed E-state index contributed by atoms with van der Waals surface area (Å²) >= 11 is 6.09. The monoisotopic (exact) mass is 493 g/mol. The number of para-hydroxylation sites is 1. The lowest BCUT2D eigenvalue weighted by Crippen LogP contribution is -2.48. The molecule has 1 saturated heterocycles. The molecule has 0 aliphatic carbocycles. The van der Waals surface area contributed by atoms with Crippen molar-refractivity contribution < 1.29 is 19.1 Å². The molecular weight excluding hydrogens is 466 g/mol. The topological polar surface area (TPSA) is 71.1 Å². The van der Waals surface area contributed by atoms with Crippen LogP contribution in [0.25, 0.3) is 0 Å². The average molecular weight is 494 g/mol. The van der Waals surface area contributed by atoms with Crippen LogP contribution in [0.5, 0.6) is 11.5 Å². The van der Waals surface area contributed by atoms with Gasteiger partial charge >= 0.3 is 0 Å². The van der Waals surface area contributed by atoms with Gasteiger partial charge in [0.15, 0.2) is 6.61 Å². The molecular formula is C27H28ClN3O4. The molecule has 2 amide bonds. The number of anilines is 2. The minimum atomic E-state index is -0.218. The van der Waals surface area contributed by atoms with Crippen LogP contribution in [-0.2, 0) is 4.79 Å². The van der Waals surface area contributed by atoms with Crippen LogP contribution >= 0.6 is 11.6 Å². The van der Waals surface area contributed by atoms with Crippen molar-refractivity contribution in [3.8, 4) is 11.5 Å². The summed E-state index contributed by atoms with van der Waals surface area (Å²) < 4.78 is 10.9. The zero-order valence-electron chi connectivity index (χ0n) is 19.8. The molecule has 4 rings (SSSR count). The van der Waals surface area contributed by atoms with Crippen LogP contribution in [0.3, 0.4) is 0 Å². The number of methoxy groups -OCH3 is 1. The molecule has 1 N–H and O–H groups in total. The maximum atomic E-state index is 13.0. The van der Waals surface area contributed by atoms with Crippen LogP contribution in [0.1, 0.15) is 15.9 Å². The molecule has 0 saturated carbocycles. The largest absolute Gasteiger partial charge is 0.496 e. The number of piperazine rings is 1. The molecule has 182 valence electrons. The van der Waals surface area contributed by atoms with Gasteiger partial charge in [-0.2, -0.15) is 0 Å². The van der Waals surface area contributed by atoms with Gasteiger partial charge in [-0.3, -0.25) is 9.59 Å². The minimum absolute atomic E-state index is 0.0556. The Balaban J connectivity index is 1.29. The van der Waals surface area contributed by atoms with Crippen molar-refractivity contribution in [3.05, 3.63) is 82.9 Å². The number of rotatable bonds is 7. The van der Waals surface area contributed by atoms with Gasteiger partial charge in [0.05, 0.1) is 12.7 Å². The third-order valence-electron chi connectivity index (χ3n) is 5.93. The Morgan fingerprint density at radius 2 is 1.66 bits per heavy atom. The second kappa shape index (κ2) is 11.1. The zero-order chi connectivity index (χ0) is 24.8. The highest BCUT2D eigenvalue weighted by Gasteiger charge is 2.24. The van der Waals surface area contributed by atoms with E-state index in [0.717, 1.165) is 11.3 Å². The maximum Gasteiger partial charge on any atom is 0.262 e. The fourth-order valence-electron chi connectivity index (χ4n) is 4.00. The molecule has 35 heavy (non-hydrogen) atoms. The van der Waals surface area contributed by atoms with Crippen molar-refractivity contribution in [2.24, 2.45) is 0 Å². The molecule has 0 spiro atoms. The molecule has 0 unspecified atom stereocenters. The van der Waals surface area contributed by atoms with E-state index in [0.29, 0.717) is 54.0 Å². The summed E-state index contributed by atoms with van der Waals surface area (Å²) in [5, 5.41) is 3.36. The Hall–Kier alpha value is -3.71. The van der Waals surface area contributed by atoms with E-state index in [2.05, 4.69) is 10.2 Å². The standard InChI is InChI=1S/C27H28ClN3O4/c1-19-5-3-4-6-24(19)35-18-26(32)29-21-8-10-22(11-9-21)30-13-15-31(16-14-30)27(33)23-17-20(28)7-12-25(23)34-2/h3-12,17H,13-16,18H2,1-2H3,(H,29,32). The molecule has 1 aliphatic rings. The van der Waals surface area contributed by atoms with Crippen LogP contribution in [0.2, 0.25) is 5.02 Å². The predicted molar refractivity (Wildman–Crippen MR) is 138 cm³/mol. The van der Waals surface area contributed by atoms with Gasteiger partial charge in [-0.05, 0) is 61.0 Å². The first-order chi connectivity index (χ1) is 16.9. The summed E-state index contributed by atoms with van der Waals surface area (Å²) in [5.74, 6) is 0.910. The number of hydrogen-bond acceptors (Lipinski definition) is 5. The Morgan fingerprint density at radius 3 is 2.34 bits per heavy atom. The molecule has 0 radical (unpaired) electrons. The summed E-state index contributed by atoms with van der Waals surface area (Å²) in [6.45, 7) is 4.46. The number of nitrogens with one attached hydrogen (secondary N) is 1. The highest BCUT2D eigenvalue weighted by atomic mass is 35.5. The van der Waals surface area contributed by atoms with Crippen molar-refractivity contribution in [1.29, 1.82) is 0 Å². The number of carbonyl (C=O) groups is 2. The molecule has 0 aromatic heterocycles. The van der Waals surface area contributed by atoms with Gasteiger partial charge in [-0.15, -0.1) is 0 Å². The maximum absolute atomic E-state index is 13.0. The first-order valence-corrected chi connectivity index (χ1v) is 11.8. The summed E-state index contributed by atoms with van der Waals surface area (Å²) in [4.78, 5) is 29.3. The summed E-state index contributed by atoms with van der Waals surface area (Å²) in [5.41, 5.74) is 3.19. The second-order valence-electron chi connectivity index (χ2n) is 8.27. The highest BCUT2D eigenvalue weighted by molar-refractivity contribution is 6.31. The smallest absolute Gasteiger partial charge is 0.262 e. The number of hydrogen-bond donors (Lipinski definition) is 1. The lowest BCUT2D eigenvalue weighted by atomic mass is 10.1. The molecule has 7 nitrogen and oxygen atoms in total. The van der Waals surface area contributed by atoms with E-state index in [9.17, 15) is 9.59 Å². The molecule has 1 fully saturated rings. The van der Waals surface area contributed by atoms with Gasteiger partial charge in [0.2, 0.25) is 0 Å². The second-order valence-corrected chi connectivity index (χ2v) is 8.71. The zero-order valence-corrected chi connectivity index (χ0v) is 20.5. The van der Waals surface area contributed by atoms with E-state index >= 15 is 0 Å². The molecule has 1 aliphatic heterocycles. The average Bonchev–Trinajstić information content (AvgIpc) is 2.88. The first kappa shape index (κ1) is 24.4. The number of ether oxygens (including phenoxy) is 2. The summed E-state index contributed by atoms with van der Waals surface area (Å²) in [7, 11) is 1.54. The lowest BCUT2D eigenvalue weighted by Gasteiger charge is -2.36. The number of nitrogens with zero attached hydrogens (tertiary/aromatic N) is 2. The van der Waals surface area contributed by atoms with Crippen LogP contribution in [0.4, 0.5) is 11.4 Å². The predicted octanol–water partition coefficient (Wildman–Crippen LogP) is 4.64. The molecule has 0 bridgehead atoms. The number of amides is 2. The van der Waals surface area contributed by atoms with Gasteiger partial charge < -0.3 is 24.6 Å². The SMILES string of the molecule is COc1ccc(Cl)cc1C(=O)N1CCN(c2ccc(NC(=O)COc3ccccc3C)cc2)CC1. The van der Waals surface area contributed by atoms with Gasteiger partial charge in [0.1, 0.15) is 11.5 Å². The van der Waals surface area contributed by atoms with E-state index in [1.165, 1.54) is 0 Å². The quantitative estimate of drug-likeness (QED) is 0.519. The Morgan fingerprint density at radius 1 is 0.943 bits per heavy atom. The van der Waals surface area contributed by atoms with Crippen molar-refractivity contribution in [1.82, 2.24) is 4.90 Å².